The van der Waals surface area contributed by atoms with Crippen LogP contribution in [0.2, 0.25) is 0 Å². The first-order valence-electron chi connectivity index (χ1n) is 3.53. The molecule has 0 aliphatic heterocycles. The van der Waals surface area contributed by atoms with Crippen molar-refractivity contribution in [1.82, 2.24) is 6.15 Å². The summed E-state index contributed by atoms with van der Waals surface area (Å²) in [6.07, 6.45) is -0.603. The lowest BCUT2D eigenvalue weighted by atomic mass is 10.5. The molecule has 0 saturated carbocycles. The van der Waals surface area contributed by atoms with Crippen molar-refractivity contribution in [2.24, 2.45) is 0 Å². The van der Waals surface area contributed by atoms with Gasteiger partial charge in [0.25, 0.3) is 0 Å². The maximum atomic E-state index is 10.9. The molecule has 0 aromatic heterocycles. The molecule has 6 heteroatoms. The van der Waals surface area contributed by atoms with Gasteiger partial charge in [-0.15, -0.1) is 0 Å². The first-order chi connectivity index (χ1) is 4.83. The molecule has 0 rings (SSSR count). The summed E-state index contributed by atoms with van der Waals surface area (Å²) in [6.45, 7) is 6.69. The Hall–Kier alpha value is 0.0700. The van der Waals surface area contributed by atoms with Gasteiger partial charge < -0.3 is 11.0 Å². The highest BCUT2D eigenvalue weighted by molar-refractivity contribution is 7.47. The summed E-state index contributed by atoms with van der Waals surface area (Å²) in [5, 5.41) is 0. The van der Waals surface area contributed by atoms with Gasteiger partial charge in [-0.2, -0.15) is 0 Å². The van der Waals surface area contributed by atoms with Crippen LogP contribution in [0.1, 0.15) is 27.7 Å². The zero-order chi connectivity index (χ0) is 9.07. The summed E-state index contributed by atoms with van der Waals surface area (Å²) in [5.74, 6) is 0. The molecule has 0 unspecified atom stereocenters. The SMILES string of the molecule is CC(C)OP(=O)(O)OC(C)C.N. The van der Waals surface area contributed by atoms with Crippen molar-refractivity contribution >= 4 is 7.82 Å². The first kappa shape index (κ1) is 14.6. The van der Waals surface area contributed by atoms with Gasteiger partial charge >= 0.3 is 7.82 Å². The minimum atomic E-state index is -3.80. The minimum absolute atomic E-state index is 0. The number of phosphoric acid groups is 1. The Balaban J connectivity index is 0. The molecule has 5 nitrogen and oxygen atoms in total. The Kier molecular flexibility index (Phi) is 6.89. The Morgan fingerprint density at radius 3 is 1.50 bits per heavy atom. The van der Waals surface area contributed by atoms with E-state index in [-0.39, 0.29) is 18.4 Å². The van der Waals surface area contributed by atoms with E-state index in [4.69, 9.17) is 4.89 Å². The number of rotatable bonds is 4. The Morgan fingerprint density at radius 2 is 1.33 bits per heavy atom. The van der Waals surface area contributed by atoms with Crippen LogP contribution in [0.4, 0.5) is 0 Å². The maximum Gasteiger partial charge on any atom is 0.472 e. The van der Waals surface area contributed by atoms with Crippen molar-refractivity contribution < 1.29 is 18.5 Å². The van der Waals surface area contributed by atoms with Crippen LogP contribution in [0.15, 0.2) is 0 Å². The summed E-state index contributed by atoms with van der Waals surface area (Å²) in [7, 11) is -3.80. The third-order valence-corrected chi connectivity index (χ3v) is 2.06. The van der Waals surface area contributed by atoms with E-state index >= 15 is 0 Å². The fraction of sp³-hybridized carbons (Fsp3) is 1.00. The van der Waals surface area contributed by atoms with E-state index in [1.807, 2.05) is 0 Å². The summed E-state index contributed by atoms with van der Waals surface area (Å²) in [5.41, 5.74) is 0. The van der Waals surface area contributed by atoms with Gasteiger partial charge in [0, 0.05) is 0 Å². The third kappa shape index (κ3) is 8.17. The lowest BCUT2D eigenvalue weighted by molar-refractivity contribution is 0.0985. The van der Waals surface area contributed by atoms with Gasteiger partial charge in [0.1, 0.15) is 0 Å². The zero-order valence-corrected chi connectivity index (χ0v) is 8.88. The minimum Gasteiger partial charge on any atom is -0.344 e. The third-order valence-electron chi connectivity index (χ3n) is 0.688. The van der Waals surface area contributed by atoms with Crippen molar-refractivity contribution in [3.63, 3.8) is 0 Å². The van der Waals surface area contributed by atoms with E-state index in [0.29, 0.717) is 0 Å². The van der Waals surface area contributed by atoms with Gasteiger partial charge in [-0.25, -0.2) is 4.57 Å². The Bertz CT molecular complexity index is 146. The quantitative estimate of drug-likeness (QED) is 0.676. The molecular formula is C6H18NO4P. The lowest BCUT2D eigenvalue weighted by Crippen LogP contribution is -2.06. The molecule has 0 spiro atoms. The molecule has 0 aliphatic carbocycles. The average Bonchev–Trinajstić information content (AvgIpc) is 1.53. The van der Waals surface area contributed by atoms with Gasteiger partial charge in [0.15, 0.2) is 0 Å². The van der Waals surface area contributed by atoms with Crippen LogP contribution in [0.5, 0.6) is 0 Å². The van der Waals surface area contributed by atoms with Gasteiger partial charge in [-0.05, 0) is 27.7 Å². The van der Waals surface area contributed by atoms with Gasteiger partial charge in [0.2, 0.25) is 0 Å². The summed E-state index contributed by atoms with van der Waals surface area (Å²) in [6, 6.07) is 0. The number of phosphoric ester groups is 1. The summed E-state index contributed by atoms with van der Waals surface area (Å²) < 4.78 is 20.2. The normalized spacial score (nSPS) is 11.9. The molecule has 0 aromatic rings. The van der Waals surface area contributed by atoms with Gasteiger partial charge in [-0.1, -0.05) is 0 Å². The first-order valence-corrected chi connectivity index (χ1v) is 5.02. The molecule has 0 aromatic carbocycles. The maximum absolute atomic E-state index is 10.9. The molecule has 0 fully saturated rings. The number of hydrogen-bond acceptors (Lipinski definition) is 4. The average molecular weight is 199 g/mol. The fourth-order valence-electron chi connectivity index (χ4n) is 0.558. The summed E-state index contributed by atoms with van der Waals surface area (Å²) in [4.78, 5) is 8.97. The molecule has 0 amide bonds. The lowest BCUT2D eigenvalue weighted by Gasteiger charge is -2.16. The highest BCUT2D eigenvalue weighted by Crippen LogP contribution is 2.45. The van der Waals surface area contributed by atoms with E-state index in [2.05, 4.69) is 9.05 Å². The molecule has 4 N–H and O–H groups in total. The summed E-state index contributed by atoms with van der Waals surface area (Å²) >= 11 is 0. The van der Waals surface area contributed by atoms with Crippen LogP contribution >= 0.6 is 7.82 Å². The molecule has 0 atom stereocenters. The van der Waals surface area contributed by atoms with Crippen LogP contribution in [0, 0.1) is 0 Å². The predicted molar refractivity (Wildman–Crippen MR) is 47.3 cm³/mol. The van der Waals surface area contributed by atoms with Gasteiger partial charge in [0.05, 0.1) is 12.2 Å². The molecule has 0 heterocycles. The van der Waals surface area contributed by atoms with Crippen LogP contribution in [-0.4, -0.2) is 17.1 Å². The van der Waals surface area contributed by atoms with Crippen molar-refractivity contribution in [1.29, 1.82) is 0 Å². The highest BCUT2D eigenvalue weighted by Gasteiger charge is 2.23. The van der Waals surface area contributed by atoms with Crippen molar-refractivity contribution in [3.8, 4) is 0 Å². The van der Waals surface area contributed by atoms with Crippen molar-refractivity contribution in [2.45, 2.75) is 39.9 Å². The zero-order valence-electron chi connectivity index (χ0n) is 7.98. The molecule has 12 heavy (non-hydrogen) atoms. The van der Waals surface area contributed by atoms with Crippen molar-refractivity contribution in [2.75, 3.05) is 0 Å². The second-order valence-electron chi connectivity index (χ2n) is 2.78. The predicted octanol–water partition coefficient (Wildman–Crippen LogP) is 2.10. The second kappa shape index (κ2) is 5.67. The monoisotopic (exact) mass is 199 g/mol. The Morgan fingerprint density at radius 1 is 1.08 bits per heavy atom. The van der Waals surface area contributed by atoms with Crippen LogP contribution < -0.4 is 6.15 Å². The second-order valence-corrected chi connectivity index (χ2v) is 4.14. The highest BCUT2D eigenvalue weighted by atomic mass is 31.2. The molecule has 0 radical (unpaired) electrons. The van der Waals surface area contributed by atoms with Crippen molar-refractivity contribution in [3.05, 3.63) is 0 Å². The van der Waals surface area contributed by atoms with Crippen LogP contribution in [0.3, 0.4) is 0 Å². The van der Waals surface area contributed by atoms with Crippen LogP contribution in [0.25, 0.3) is 0 Å². The molecule has 0 aliphatic rings. The van der Waals surface area contributed by atoms with E-state index in [1.54, 1.807) is 27.7 Å². The fourth-order valence-corrected chi connectivity index (χ4v) is 1.67. The number of hydrogen-bond donors (Lipinski definition) is 2. The Labute approximate surface area is 73.3 Å². The molecule has 0 saturated heterocycles. The van der Waals surface area contributed by atoms with E-state index < -0.39 is 7.82 Å². The van der Waals surface area contributed by atoms with E-state index in [9.17, 15) is 4.57 Å². The van der Waals surface area contributed by atoms with Crippen LogP contribution in [-0.2, 0) is 13.6 Å². The van der Waals surface area contributed by atoms with E-state index in [1.165, 1.54) is 0 Å². The molecular weight excluding hydrogens is 181 g/mol. The van der Waals surface area contributed by atoms with Gasteiger partial charge in [-0.3, -0.25) is 9.05 Å². The molecule has 76 valence electrons. The smallest absolute Gasteiger partial charge is 0.344 e. The molecule has 0 bridgehead atoms. The van der Waals surface area contributed by atoms with E-state index in [0.717, 1.165) is 0 Å². The topological polar surface area (TPSA) is 90.8 Å². The standard InChI is InChI=1S/C6H15O4P.H3N/c1-5(2)9-11(7,8)10-6(3)4;/h5-6H,1-4H3,(H,7,8);1H3. The largest absolute Gasteiger partial charge is 0.472 e.